The summed E-state index contributed by atoms with van der Waals surface area (Å²) in [4.78, 5) is 21.0. The van der Waals surface area contributed by atoms with Crippen LogP contribution in [0.25, 0.3) is 11.4 Å². The van der Waals surface area contributed by atoms with Gasteiger partial charge < -0.3 is 22.9 Å². The molecule has 492 valence electrons. The van der Waals surface area contributed by atoms with Crippen molar-refractivity contribution < 1.29 is 27.7 Å². The monoisotopic (exact) mass is 1250 g/mol. The molecule has 1 aromatic heterocycles. The Morgan fingerprint density at radius 2 is 0.888 bits per heavy atom. The summed E-state index contributed by atoms with van der Waals surface area (Å²) in [6.07, 6.45) is 12.3. The third kappa shape index (κ3) is 17.7. The van der Waals surface area contributed by atoms with Gasteiger partial charge in [-0.05, 0) is 222 Å². The summed E-state index contributed by atoms with van der Waals surface area (Å²) >= 11 is 0. The number of ether oxygens (including phenoxy) is 1. The number of esters is 1. The molecule has 6 rings (SSSR count). The van der Waals surface area contributed by atoms with E-state index in [2.05, 4.69) is 275 Å². The van der Waals surface area contributed by atoms with E-state index >= 15 is 0 Å². The molecule has 2 unspecified atom stereocenters. The Morgan fingerprint density at radius 3 is 1.21 bits per heavy atom. The third-order valence-electron chi connectivity index (χ3n) is 21.7. The Labute approximate surface area is 546 Å². The van der Waals surface area contributed by atoms with Gasteiger partial charge in [-0.2, -0.15) is 0 Å². The SMILES string of the molecule is CCC(CC)(c1ccc(CCC(O[Si](C)(C)C(C)(C)C)C(C)(C)C)c(C)c1)c1ccc(B2OC(C)(C)C(C)(C)O2)c(C)c1.CCOC(=O)Cc1cnc(-c2ccc(C(CC)(CC)c3ccc(CCC(O[Si](C)(C)C(C)(C)C)C(C)(C)C)c(C)c3)cc2C)nc1. The van der Waals surface area contributed by atoms with Crippen LogP contribution in [0.2, 0.25) is 36.3 Å². The number of aryl methyl sites for hydroxylation is 6. The van der Waals surface area contributed by atoms with Crippen molar-refractivity contribution in [3.8, 4) is 11.4 Å². The zero-order valence-corrected chi connectivity index (χ0v) is 63.7. The van der Waals surface area contributed by atoms with Gasteiger partial charge in [0.25, 0.3) is 0 Å². The van der Waals surface area contributed by atoms with E-state index in [1.54, 1.807) is 12.4 Å². The Bertz CT molecular complexity index is 3130. The quantitative estimate of drug-likeness (QED) is 0.0472. The van der Waals surface area contributed by atoms with Gasteiger partial charge in [0, 0.05) is 28.8 Å². The van der Waals surface area contributed by atoms with Crippen LogP contribution >= 0.6 is 0 Å². The largest absolute Gasteiger partial charge is 0.495 e. The van der Waals surface area contributed by atoms with Crippen molar-refractivity contribution >= 4 is 35.2 Å². The smallest absolute Gasteiger partial charge is 0.466 e. The van der Waals surface area contributed by atoms with Crippen LogP contribution in [0, 0.1) is 38.5 Å². The van der Waals surface area contributed by atoms with E-state index in [-0.39, 0.29) is 74.7 Å². The van der Waals surface area contributed by atoms with Crippen LogP contribution in [-0.2, 0) is 57.8 Å². The topological polar surface area (TPSA) is 89.0 Å². The molecule has 11 heteroatoms. The van der Waals surface area contributed by atoms with Crippen LogP contribution in [0.3, 0.4) is 0 Å². The summed E-state index contributed by atoms with van der Waals surface area (Å²) in [5.74, 6) is 0.407. The molecule has 4 aromatic carbocycles. The van der Waals surface area contributed by atoms with Gasteiger partial charge in [0.2, 0.25) is 0 Å². The predicted molar refractivity (Wildman–Crippen MR) is 384 cm³/mol. The lowest BCUT2D eigenvalue weighted by atomic mass is 9.67. The molecule has 0 aliphatic carbocycles. The highest BCUT2D eigenvalue weighted by atomic mass is 28.4. The molecule has 1 aliphatic rings. The number of carbonyl (C=O) groups excluding carboxylic acids is 1. The molecular formula is C78H123BN2O6Si2. The Balaban J connectivity index is 0.000000325. The van der Waals surface area contributed by atoms with Crippen molar-refractivity contribution in [3.63, 3.8) is 0 Å². The number of benzene rings is 4. The fourth-order valence-corrected chi connectivity index (χ4v) is 15.4. The summed E-state index contributed by atoms with van der Waals surface area (Å²) in [5.41, 5.74) is 15.7. The molecule has 0 radical (unpaired) electrons. The maximum Gasteiger partial charge on any atom is 0.495 e. The fourth-order valence-electron chi connectivity index (χ4n) is 12.4. The number of carbonyl (C=O) groups is 1. The van der Waals surface area contributed by atoms with E-state index < -0.39 is 16.6 Å². The van der Waals surface area contributed by atoms with Crippen LogP contribution in [0.15, 0.2) is 85.2 Å². The van der Waals surface area contributed by atoms with Crippen LogP contribution in [-0.4, -0.2) is 69.7 Å². The first-order valence-electron chi connectivity index (χ1n) is 34.0. The average Bonchev–Trinajstić information content (AvgIpc) is 1.80. The van der Waals surface area contributed by atoms with Crippen molar-refractivity contribution in [1.29, 1.82) is 0 Å². The molecule has 1 saturated heterocycles. The van der Waals surface area contributed by atoms with E-state index in [1.165, 1.54) is 50.1 Å². The molecular weight excluding hydrogens is 1130 g/mol. The minimum atomic E-state index is -1.88. The summed E-state index contributed by atoms with van der Waals surface area (Å²) in [7, 11) is -4.07. The van der Waals surface area contributed by atoms with Gasteiger partial charge in [-0.1, -0.05) is 189 Å². The zero-order valence-electron chi connectivity index (χ0n) is 61.7. The lowest BCUT2D eigenvalue weighted by Crippen LogP contribution is -2.47. The normalized spacial score (nSPS) is 15.8. The van der Waals surface area contributed by atoms with Crippen molar-refractivity contribution in [2.45, 2.75) is 301 Å². The maximum atomic E-state index is 11.9. The number of rotatable bonds is 23. The molecule has 1 fully saturated rings. The Hall–Kier alpha value is -4.23. The van der Waals surface area contributed by atoms with Crippen molar-refractivity contribution in [3.05, 3.63) is 146 Å². The first-order valence-corrected chi connectivity index (χ1v) is 39.8. The van der Waals surface area contributed by atoms with E-state index in [4.69, 9.17) is 22.9 Å². The van der Waals surface area contributed by atoms with Gasteiger partial charge in [0.15, 0.2) is 22.5 Å². The van der Waals surface area contributed by atoms with Crippen LogP contribution in [0.4, 0.5) is 0 Å². The van der Waals surface area contributed by atoms with Crippen LogP contribution in [0.1, 0.15) is 245 Å². The Morgan fingerprint density at radius 1 is 0.528 bits per heavy atom. The number of hydrogen-bond acceptors (Lipinski definition) is 8. The van der Waals surface area contributed by atoms with Gasteiger partial charge in [-0.3, -0.25) is 4.79 Å². The number of aromatic nitrogens is 2. The van der Waals surface area contributed by atoms with E-state index in [1.807, 2.05) is 6.92 Å². The molecule has 8 nitrogen and oxygen atoms in total. The highest BCUT2D eigenvalue weighted by Gasteiger charge is 2.52. The highest BCUT2D eigenvalue weighted by molar-refractivity contribution is 6.74. The first kappa shape index (κ1) is 75.5. The van der Waals surface area contributed by atoms with Gasteiger partial charge in [-0.15, -0.1) is 0 Å². The van der Waals surface area contributed by atoms with Crippen LogP contribution < -0.4 is 5.46 Å². The second-order valence-electron chi connectivity index (χ2n) is 32.5. The molecule has 5 aromatic rings. The number of nitrogens with zero attached hydrogens (tertiary/aromatic N) is 2. The first-order chi connectivity index (χ1) is 40.9. The molecule has 2 heterocycles. The molecule has 0 N–H and O–H groups in total. The van der Waals surface area contributed by atoms with Gasteiger partial charge in [-0.25, -0.2) is 9.97 Å². The minimum Gasteiger partial charge on any atom is -0.466 e. The molecule has 0 saturated carbocycles. The third-order valence-corrected chi connectivity index (χ3v) is 30.7. The lowest BCUT2D eigenvalue weighted by Gasteiger charge is -2.43. The summed E-state index contributed by atoms with van der Waals surface area (Å²) in [6, 6.07) is 28.1. The van der Waals surface area contributed by atoms with E-state index in [9.17, 15) is 4.79 Å². The number of hydrogen-bond donors (Lipinski definition) is 0. The standard InChI is InChI=1S/C40H60N2O3Si.C38H63BO3Si/c1-14-40(15-2,33-20-21-34(29(5)24-33)37-41-26-30(27-42-37)25-36(43)44-16-3)32-19-17-31(28(4)23-32)18-22-35(38(6,7)8)45-46(12,13)39(9,10)11;1-17-38(18-2,31-22-23-32(28(4)26-31)39-41-36(11,12)37(13,14)42-39)30-21-19-29(27(3)25-30)20-24-33(34(5,6)7)40-43(15,16)35(8,9)10/h17,19-21,23-24,26-27,35H,14-16,18,22,25H2,1-13H3;19,21-23,25-26,33H,17-18,20,24H2,1-16H3. The predicted octanol–water partition coefficient (Wildman–Crippen LogP) is 20.4. The van der Waals surface area contributed by atoms with E-state index in [0.29, 0.717) is 12.4 Å². The van der Waals surface area contributed by atoms with Crippen molar-refractivity contribution in [1.82, 2.24) is 9.97 Å². The van der Waals surface area contributed by atoms with Gasteiger partial charge >= 0.3 is 13.1 Å². The highest BCUT2D eigenvalue weighted by Crippen LogP contribution is 2.46. The Kier molecular flexibility index (Phi) is 24.6. The summed E-state index contributed by atoms with van der Waals surface area (Å²) < 4.78 is 31.8. The van der Waals surface area contributed by atoms with Crippen LogP contribution in [0.5, 0.6) is 0 Å². The summed E-state index contributed by atoms with van der Waals surface area (Å²) in [6.45, 7) is 66.2. The zero-order chi connectivity index (χ0) is 67.3. The average molecular weight is 1250 g/mol. The fraction of sp³-hybridized carbons (Fsp3) is 0.628. The molecule has 0 bridgehead atoms. The molecule has 0 amide bonds. The van der Waals surface area contributed by atoms with Crippen molar-refractivity contribution in [2.75, 3.05) is 6.61 Å². The molecule has 89 heavy (non-hydrogen) atoms. The maximum absolute atomic E-state index is 11.9. The lowest BCUT2D eigenvalue weighted by molar-refractivity contribution is -0.142. The molecule has 2 atom stereocenters. The summed E-state index contributed by atoms with van der Waals surface area (Å²) in [5, 5.41) is 0.399. The van der Waals surface area contributed by atoms with E-state index in [0.717, 1.165) is 73.5 Å². The minimum absolute atomic E-state index is 0.0398. The second-order valence-corrected chi connectivity index (χ2v) is 42.0. The van der Waals surface area contributed by atoms with Gasteiger partial charge in [0.05, 0.1) is 36.4 Å². The molecule has 0 spiro atoms. The van der Waals surface area contributed by atoms with Gasteiger partial charge in [0.1, 0.15) is 0 Å². The second kappa shape index (κ2) is 29.0. The molecule has 1 aliphatic heterocycles. The van der Waals surface area contributed by atoms with Crippen molar-refractivity contribution in [2.24, 2.45) is 10.8 Å².